The van der Waals surface area contributed by atoms with Gasteiger partial charge in [-0.3, -0.25) is 0 Å². The van der Waals surface area contributed by atoms with Gasteiger partial charge < -0.3 is 0 Å². The van der Waals surface area contributed by atoms with Crippen LogP contribution in [0.4, 0.5) is 0 Å². The Hall–Kier alpha value is -0.780. The second kappa shape index (κ2) is 12.7. The molecule has 0 heterocycles. The third-order valence-corrected chi connectivity index (χ3v) is 8.07. The monoisotopic (exact) mass is 382 g/mol. The SMILES string of the molecule is CCCCCCCCCC[C@H]1CC[C@H](C2CCC(c3ccccc3)CC2)CC1. The van der Waals surface area contributed by atoms with E-state index in [2.05, 4.69) is 37.3 Å². The molecule has 2 aliphatic carbocycles. The minimum Gasteiger partial charge on any atom is -0.0654 e. The van der Waals surface area contributed by atoms with Crippen molar-refractivity contribution in [1.29, 1.82) is 0 Å². The van der Waals surface area contributed by atoms with Crippen LogP contribution >= 0.6 is 0 Å². The number of hydrogen-bond donors (Lipinski definition) is 0. The first-order valence-corrected chi connectivity index (χ1v) is 12.9. The molecule has 3 rings (SSSR count). The van der Waals surface area contributed by atoms with E-state index < -0.39 is 0 Å². The molecule has 28 heavy (non-hydrogen) atoms. The fourth-order valence-corrected chi connectivity index (χ4v) is 6.16. The maximum Gasteiger partial charge on any atom is -0.0162 e. The van der Waals surface area contributed by atoms with Crippen LogP contribution in [0.1, 0.15) is 128 Å². The summed E-state index contributed by atoms with van der Waals surface area (Å²) < 4.78 is 0. The Balaban J connectivity index is 1.24. The summed E-state index contributed by atoms with van der Waals surface area (Å²) in [7, 11) is 0. The van der Waals surface area contributed by atoms with Crippen molar-refractivity contribution in [1.82, 2.24) is 0 Å². The summed E-state index contributed by atoms with van der Waals surface area (Å²) in [6.07, 6.45) is 25.3. The predicted octanol–water partition coefficient (Wildman–Crippen LogP) is 9.30. The highest BCUT2D eigenvalue weighted by Gasteiger charge is 2.31. The molecule has 2 saturated carbocycles. The van der Waals surface area contributed by atoms with Crippen molar-refractivity contribution in [2.24, 2.45) is 17.8 Å². The van der Waals surface area contributed by atoms with E-state index in [1.807, 2.05) is 0 Å². The lowest BCUT2D eigenvalue weighted by atomic mass is 9.68. The lowest BCUT2D eigenvalue weighted by Gasteiger charge is -2.38. The molecule has 1 aromatic rings. The molecule has 0 aromatic heterocycles. The normalized spacial score (nSPS) is 28.3. The van der Waals surface area contributed by atoms with Crippen LogP contribution in [0.3, 0.4) is 0 Å². The summed E-state index contributed by atoms with van der Waals surface area (Å²) in [6, 6.07) is 11.3. The molecule has 2 aliphatic rings. The summed E-state index contributed by atoms with van der Waals surface area (Å²) in [5.41, 5.74) is 1.59. The largest absolute Gasteiger partial charge is 0.0654 e. The van der Waals surface area contributed by atoms with Gasteiger partial charge in [-0.1, -0.05) is 108 Å². The van der Waals surface area contributed by atoms with Crippen molar-refractivity contribution in [3.63, 3.8) is 0 Å². The molecular weight excluding hydrogens is 336 g/mol. The van der Waals surface area contributed by atoms with E-state index in [1.165, 1.54) is 83.5 Å². The first-order chi connectivity index (χ1) is 13.9. The van der Waals surface area contributed by atoms with Crippen molar-refractivity contribution < 1.29 is 0 Å². The lowest BCUT2D eigenvalue weighted by Crippen LogP contribution is -2.25. The number of rotatable bonds is 11. The molecule has 0 spiro atoms. The maximum absolute atomic E-state index is 2.35. The number of unbranched alkanes of at least 4 members (excludes halogenated alkanes) is 7. The molecule has 0 amide bonds. The molecular formula is C28H46. The van der Waals surface area contributed by atoms with E-state index >= 15 is 0 Å². The van der Waals surface area contributed by atoms with Gasteiger partial charge in [-0.25, -0.2) is 0 Å². The highest BCUT2D eigenvalue weighted by molar-refractivity contribution is 5.19. The van der Waals surface area contributed by atoms with Gasteiger partial charge in [0.2, 0.25) is 0 Å². The number of hydrogen-bond acceptors (Lipinski definition) is 0. The zero-order valence-corrected chi connectivity index (χ0v) is 18.7. The minimum atomic E-state index is 0.843. The number of benzene rings is 1. The van der Waals surface area contributed by atoms with Gasteiger partial charge in [0.1, 0.15) is 0 Å². The average Bonchev–Trinajstić information content (AvgIpc) is 2.77. The fourth-order valence-electron chi connectivity index (χ4n) is 6.16. The fraction of sp³-hybridized carbons (Fsp3) is 0.786. The van der Waals surface area contributed by atoms with E-state index in [0.29, 0.717) is 0 Å². The highest BCUT2D eigenvalue weighted by Crippen LogP contribution is 2.44. The molecule has 158 valence electrons. The second-order valence-electron chi connectivity index (χ2n) is 10.1. The smallest absolute Gasteiger partial charge is 0.0162 e. The predicted molar refractivity (Wildman–Crippen MR) is 124 cm³/mol. The van der Waals surface area contributed by atoms with Crippen LogP contribution in [0, 0.1) is 17.8 Å². The van der Waals surface area contributed by atoms with Crippen LogP contribution in [0.25, 0.3) is 0 Å². The molecule has 0 N–H and O–H groups in total. The zero-order valence-electron chi connectivity index (χ0n) is 18.7. The Morgan fingerprint density at radius 3 is 1.75 bits per heavy atom. The molecule has 0 nitrogen and oxygen atoms in total. The molecule has 0 atom stereocenters. The Labute approximate surface area is 175 Å². The summed E-state index contributed by atoms with van der Waals surface area (Å²) in [4.78, 5) is 0. The summed E-state index contributed by atoms with van der Waals surface area (Å²) in [6.45, 7) is 2.31. The molecule has 1 aromatic carbocycles. The Morgan fingerprint density at radius 2 is 1.14 bits per heavy atom. The molecule has 0 radical (unpaired) electrons. The Morgan fingerprint density at radius 1 is 0.607 bits per heavy atom. The molecule has 0 unspecified atom stereocenters. The Bertz CT molecular complexity index is 488. The maximum atomic E-state index is 2.35. The van der Waals surface area contributed by atoms with Crippen molar-refractivity contribution in [3.05, 3.63) is 35.9 Å². The van der Waals surface area contributed by atoms with E-state index in [0.717, 1.165) is 23.7 Å². The molecule has 0 bridgehead atoms. The average molecular weight is 383 g/mol. The molecule has 0 aliphatic heterocycles. The van der Waals surface area contributed by atoms with Gasteiger partial charge in [0.15, 0.2) is 0 Å². The van der Waals surface area contributed by atoms with Gasteiger partial charge in [0.05, 0.1) is 0 Å². The molecule has 2 fully saturated rings. The quantitative estimate of drug-likeness (QED) is 0.334. The van der Waals surface area contributed by atoms with E-state index in [-0.39, 0.29) is 0 Å². The third-order valence-electron chi connectivity index (χ3n) is 8.07. The second-order valence-corrected chi connectivity index (χ2v) is 10.1. The van der Waals surface area contributed by atoms with Gasteiger partial charge in [-0.05, 0) is 67.8 Å². The van der Waals surface area contributed by atoms with Gasteiger partial charge in [0, 0.05) is 0 Å². The topological polar surface area (TPSA) is 0 Å². The van der Waals surface area contributed by atoms with Crippen molar-refractivity contribution in [2.45, 2.75) is 122 Å². The van der Waals surface area contributed by atoms with Crippen molar-refractivity contribution in [3.8, 4) is 0 Å². The summed E-state index contributed by atoms with van der Waals surface area (Å²) in [5, 5.41) is 0. The van der Waals surface area contributed by atoms with Crippen molar-refractivity contribution in [2.75, 3.05) is 0 Å². The van der Waals surface area contributed by atoms with Gasteiger partial charge in [-0.15, -0.1) is 0 Å². The summed E-state index contributed by atoms with van der Waals surface area (Å²) >= 11 is 0. The highest BCUT2D eigenvalue weighted by atomic mass is 14.4. The Kier molecular flexibility index (Phi) is 9.95. The van der Waals surface area contributed by atoms with Crippen LogP contribution in [-0.4, -0.2) is 0 Å². The van der Waals surface area contributed by atoms with E-state index in [4.69, 9.17) is 0 Å². The first kappa shape index (κ1) is 21.9. The van der Waals surface area contributed by atoms with E-state index in [1.54, 1.807) is 31.2 Å². The van der Waals surface area contributed by atoms with Gasteiger partial charge in [-0.2, -0.15) is 0 Å². The van der Waals surface area contributed by atoms with Crippen LogP contribution in [0.5, 0.6) is 0 Å². The first-order valence-electron chi connectivity index (χ1n) is 12.9. The third kappa shape index (κ3) is 7.23. The van der Waals surface area contributed by atoms with E-state index in [9.17, 15) is 0 Å². The summed E-state index contributed by atoms with van der Waals surface area (Å²) in [5.74, 6) is 4.02. The lowest BCUT2D eigenvalue weighted by molar-refractivity contribution is 0.155. The zero-order chi connectivity index (χ0) is 19.4. The van der Waals surface area contributed by atoms with Gasteiger partial charge >= 0.3 is 0 Å². The molecule has 0 saturated heterocycles. The van der Waals surface area contributed by atoms with Gasteiger partial charge in [0.25, 0.3) is 0 Å². The van der Waals surface area contributed by atoms with Crippen LogP contribution in [0.15, 0.2) is 30.3 Å². The van der Waals surface area contributed by atoms with Crippen molar-refractivity contribution >= 4 is 0 Å². The minimum absolute atomic E-state index is 0.843. The van der Waals surface area contributed by atoms with Crippen LogP contribution < -0.4 is 0 Å². The molecule has 0 heteroatoms. The van der Waals surface area contributed by atoms with Crippen LogP contribution in [0.2, 0.25) is 0 Å². The standard InChI is InChI=1S/C28H46/c1-2-3-4-5-6-7-8-10-13-24-16-18-26(19-17-24)28-22-20-27(21-23-28)25-14-11-9-12-15-25/h9,11-12,14-15,24,26-28H,2-8,10,13,16-23H2,1H3/t24-,26-,27?,28?. The van der Waals surface area contributed by atoms with Crippen LogP contribution in [-0.2, 0) is 0 Å².